The van der Waals surface area contributed by atoms with Crippen LogP contribution in [-0.2, 0) is 0 Å². The summed E-state index contributed by atoms with van der Waals surface area (Å²) in [4.78, 5) is 9.03. The van der Waals surface area contributed by atoms with Gasteiger partial charge in [0.15, 0.2) is 6.67 Å². The smallest absolute Gasteiger partial charge is 0.175 e. The predicted molar refractivity (Wildman–Crippen MR) is 21.4 cm³/mol. The predicted octanol–water partition coefficient (Wildman–Crippen LogP) is 1.04. The van der Waals surface area contributed by atoms with E-state index in [1.165, 1.54) is 0 Å². The summed E-state index contributed by atoms with van der Waals surface area (Å²) in [5.41, 5.74) is 0. The second-order valence-corrected chi connectivity index (χ2v) is 0.745. The lowest BCUT2D eigenvalue weighted by molar-refractivity contribution is 1.08. The molecule has 0 aliphatic carbocycles. The van der Waals surface area contributed by atoms with Crippen LogP contribution in [0.3, 0.4) is 0 Å². The standard InChI is InChI=1S/CH3N2OP/c4-2-1-3-5/h5H,1H2. The van der Waals surface area contributed by atoms with Crippen LogP contribution in [0, 0.1) is 4.91 Å². The Balaban J connectivity index is 2.65. The van der Waals surface area contributed by atoms with E-state index in [4.69, 9.17) is 4.91 Å². The summed E-state index contributed by atoms with van der Waals surface area (Å²) in [5.74, 6) is 0. The molecule has 0 aromatic rings. The van der Waals surface area contributed by atoms with Gasteiger partial charge in [-0.15, -0.1) is 4.91 Å². The lowest BCUT2D eigenvalue weighted by Gasteiger charge is -1.60. The highest BCUT2D eigenvalue weighted by Crippen LogP contribution is 1.70. The van der Waals surface area contributed by atoms with E-state index in [-0.39, 0.29) is 6.67 Å². The van der Waals surface area contributed by atoms with E-state index >= 15 is 0 Å². The molecule has 0 bridgehead atoms. The fourth-order valence-electron chi connectivity index (χ4n) is 0.0289. The summed E-state index contributed by atoms with van der Waals surface area (Å²) in [6, 6.07) is 0. The van der Waals surface area contributed by atoms with E-state index in [2.05, 4.69) is 19.0 Å². The Morgan fingerprint density at radius 1 is 1.80 bits per heavy atom. The molecule has 0 saturated carbocycles. The molecule has 0 aromatic carbocycles. The third-order valence-corrected chi connectivity index (χ3v) is 0.270. The highest BCUT2D eigenvalue weighted by Gasteiger charge is 1.58. The van der Waals surface area contributed by atoms with Crippen LogP contribution in [0.2, 0.25) is 0 Å². The first-order chi connectivity index (χ1) is 2.41. The molecule has 0 saturated heterocycles. The maximum atomic E-state index is 9.03. The van der Waals surface area contributed by atoms with Crippen LogP contribution in [0.5, 0.6) is 0 Å². The molecule has 0 amide bonds. The van der Waals surface area contributed by atoms with Crippen molar-refractivity contribution < 1.29 is 0 Å². The highest BCUT2D eigenvalue weighted by atomic mass is 31.0. The minimum absolute atomic E-state index is 0.00309. The van der Waals surface area contributed by atoms with E-state index in [0.717, 1.165) is 0 Å². The first-order valence-corrected chi connectivity index (χ1v) is 1.49. The minimum Gasteiger partial charge on any atom is -0.245 e. The summed E-state index contributed by atoms with van der Waals surface area (Å²) < 4.78 is 3.18. The van der Waals surface area contributed by atoms with Gasteiger partial charge >= 0.3 is 0 Å². The molecule has 0 aromatic heterocycles. The van der Waals surface area contributed by atoms with Crippen molar-refractivity contribution in [1.82, 2.24) is 0 Å². The Morgan fingerprint density at radius 2 is 2.40 bits per heavy atom. The molecule has 28 valence electrons. The number of hydrogen-bond donors (Lipinski definition) is 0. The fraction of sp³-hybridized carbons (Fsp3) is 1.00. The molecule has 0 rings (SSSR count). The molecular formula is CH3N2OP. The molecule has 0 N–H and O–H groups in total. The quantitative estimate of drug-likeness (QED) is 0.369. The van der Waals surface area contributed by atoms with Crippen LogP contribution in [-0.4, -0.2) is 6.67 Å². The van der Waals surface area contributed by atoms with E-state index in [1.54, 1.807) is 0 Å². The molecule has 0 fully saturated rings. The van der Waals surface area contributed by atoms with Crippen molar-refractivity contribution in [2.24, 2.45) is 9.92 Å². The van der Waals surface area contributed by atoms with Crippen molar-refractivity contribution >= 4 is 9.03 Å². The molecule has 0 aliphatic rings. The van der Waals surface area contributed by atoms with Gasteiger partial charge in [-0.05, 0) is 14.2 Å². The Labute approximate surface area is 31.7 Å². The monoisotopic (exact) mass is 90.0 g/mol. The summed E-state index contributed by atoms with van der Waals surface area (Å²) >= 11 is 0. The highest BCUT2D eigenvalue weighted by molar-refractivity contribution is 7.03. The van der Waals surface area contributed by atoms with Crippen molar-refractivity contribution in [3.8, 4) is 0 Å². The second-order valence-electron chi connectivity index (χ2n) is 0.429. The van der Waals surface area contributed by atoms with Crippen molar-refractivity contribution in [1.29, 1.82) is 0 Å². The topological polar surface area (TPSA) is 41.8 Å². The van der Waals surface area contributed by atoms with Gasteiger partial charge in [0.1, 0.15) is 0 Å². The van der Waals surface area contributed by atoms with Gasteiger partial charge in [0.05, 0.1) is 0 Å². The van der Waals surface area contributed by atoms with Gasteiger partial charge < -0.3 is 0 Å². The lowest BCUT2D eigenvalue weighted by atomic mass is 11.3. The molecule has 0 heterocycles. The molecule has 0 atom stereocenters. The van der Waals surface area contributed by atoms with Gasteiger partial charge in [-0.2, -0.15) is 0 Å². The largest absolute Gasteiger partial charge is 0.245 e. The van der Waals surface area contributed by atoms with E-state index in [0.29, 0.717) is 0 Å². The number of nitroso groups, excluding NO2 is 1. The number of rotatable bonds is 2. The Bertz CT molecular complexity index is 38.9. The van der Waals surface area contributed by atoms with Crippen LogP contribution < -0.4 is 0 Å². The zero-order valence-electron chi connectivity index (χ0n) is 2.51. The molecule has 3 nitrogen and oxygen atoms in total. The zero-order valence-corrected chi connectivity index (χ0v) is 3.51. The van der Waals surface area contributed by atoms with Gasteiger partial charge in [-0.3, -0.25) is 0 Å². The SMILES string of the molecule is O=NCN=P. The van der Waals surface area contributed by atoms with Crippen LogP contribution in [0.1, 0.15) is 0 Å². The third-order valence-electron chi connectivity index (χ3n) is 0.128. The number of nitrogens with zero attached hydrogens (tertiary/aromatic N) is 2. The maximum Gasteiger partial charge on any atom is 0.175 e. The Hall–Kier alpha value is -0.300. The molecule has 0 unspecified atom stereocenters. The lowest BCUT2D eigenvalue weighted by Crippen LogP contribution is -1.56. The van der Waals surface area contributed by atoms with Crippen LogP contribution >= 0.6 is 9.03 Å². The van der Waals surface area contributed by atoms with E-state index in [9.17, 15) is 0 Å². The van der Waals surface area contributed by atoms with E-state index in [1.807, 2.05) is 0 Å². The first-order valence-electron chi connectivity index (χ1n) is 1.04. The summed E-state index contributed by atoms with van der Waals surface area (Å²) in [6.45, 7) is -0.00309. The third kappa shape index (κ3) is 3.70. The molecule has 4 heteroatoms. The van der Waals surface area contributed by atoms with Gasteiger partial charge in [-0.1, -0.05) is 0 Å². The Kier molecular flexibility index (Phi) is 3.48. The molecular weight excluding hydrogens is 87.0 g/mol. The number of hydrogen-bond acceptors (Lipinski definition) is 3. The minimum atomic E-state index is -0.00309. The van der Waals surface area contributed by atoms with E-state index < -0.39 is 0 Å². The van der Waals surface area contributed by atoms with Gasteiger partial charge in [-0.25, -0.2) is 4.74 Å². The molecule has 0 radical (unpaired) electrons. The van der Waals surface area contributed by atoms with Crippen molar-refractivity contribution in [2.75, 3.05) is 6.67 Å². The van der Waals surface area contributed by atoms with Crippen LogP contribution in [0.4, 0.5) is 0 Å². The average molecular weight is 90.0 g/mol. The summed E-state index contributed by atoms with van der Waals surface area (Å²) in [7, 11) is 2.68. The molecule has 0 aliphatic heterocycles. The Morgan fingerprint density at radius 3 is 2.40 bits per heavy atom. The van der Waals surface area contributed by atoms with Crippen LogP contribution in [0.15, 0.2) is 9.92 Å². The van der Waals surface area contributed by atoms with Crippen molar-refractivity contribution in [2.45, 2.75) is 0 Å². The maximum absolute atomic E-state index is 9.03. The van der Waals surface area contributed by atoms with Gasteiger partial charge in [0, 0.05) is 0 Å². The first kappa shape index (κ1) is 4.70. The normalized spacial score (nSPS) is 6.40. The van der Waals surface area contributed by atoms with Crippen molar-refractivity contribution in [3.63, 3.8) is 0 Å². The van der Waals surface area contributed by atoms with Gasteiger partial charge in [0.25, 0.3) is 0 Å². The molecule has 0 spiro atoms. The fourth-order valence-corrected chi connectivity index (χ4v) is 0.0866. The van der Waals surface area contributed by atoms with Crippen molar-refractivity contribution in [3.05, 3.63) is 4.91 Å². The summed E-state index contributed by atoms with van der Waals surface area (Å²) in [6.07, 6.45) is 0. The van der Waals surface area contributed by atoms with Gasteiger partial charge in [0.2, 0.25) is 0 Å². The summed E-state index contributed by atoms with van der Waals surface area (Å²) in [5, 5.41) is 2.39. The zero-order chi connectivity index (χ0) is 4.12. The van der Waals surface area contributed by atoms with Crippen LogP contribution in [0.25, 0.3) is 0 Å². The molecule has 5 heavy (non-hydrogen) atoms. The second kappa shape index (κ2) is 3.70. The average Bonchev–Trinajstić information content (AvgIpc) is 1.41.